The van der Waals surface area contributed by atoms with Crippen molar-refractivity contribution in [3.8, 4) is 17.1 Å². The van der Waals surface area contributed by atoms with Gasteiger partial charge in [-0.25, -0.2) is 4.79 Å². The SMILES string of the molecule is Cc1ccc(COc2ccc3cc(-c4noc(C5CCCN5C(=O)O)n4)ccc3c2)cc1. The van der Waals surface area contributed by atoms with Crippen molar-refractivity contribution in [1.29, 1.82) is 0 Å². The van der Waals surface area contributed by atoms with Gasteiger partial charge in [-0.15, -0.1) is 0 Å². The fourth-order valence-electron chi connectivity index (χ4n) is 4.04. The average Bonchev–Trinajstić information content (AvgIpc) is 3.48. The Labute approximate surface area is 185 Å². The van der Waals surface area contributed by atoms with Gasteiger partial charge in [0.05, 0.1) is 0 Å². The normalized spacial score (nSPS) is 15.9. The van der Waals surface area contributed by atoms with Crippen LogP contribution in [0.4, 0.5) is 4.79 Å². The van der Waals surface area contributed by atoms with Crippen molar-refractivity contribution in [3.05, 3.63) is 77.7 Å². The Morgan fingerprint density at radius 3 is 2.72 bits per heavy atom. The summed E-state index contributed by atoms with van der Waals surface area (Å²) in [6.07, 6.45) is 0.522. The molecule has 1 aliphatic heterocycles. The van der Waals surface area contributed by atoms with Crippen LogP contribution in [0, 0.1) is 6.92 Å². The first kappa shape index (κ1) is 20.1. The lowest BCUT2D eigenvalue weighted by molar-refractivity contribution is 0.131. The lowest BCUT2D eigenvalue weighted by atomic mass is 10.1. The zero-order chi connectivity index (χ0) is 22.1. The van der Waals surface area contributed by atoms with Crippen molar-refractivity contribution in [2.45, 2.75) is 32.4 Å². The summed E-state index contributed by atoms with van der Waals surface area (Å²) in [5.74, 6) is 1.61. The molecule has 7 heteroatoms. The summed E-state index contributed by atoms with van der Waals surface area (Å²) in [5.41, 5.74) is 3.18. The van der Waals surface area contributed by atoms with Crippen LogP contribution in [-0.2, 0) is 6.61 Å². The highest BCUT2D eigenvalue weighted by atomic mass is 16.5. The second-order valence-corrected chi connectivity index (χ2v) is 8.09. The van der Waals surface area contributed by atoms with Gasteiger partial charge < -0.3 is 14.4 Å². The van der Waals surface area contributed by atoms with Crippen molar-refractivity contribution in [2.75, 3.05) is 6.54 Å². The Morgan fingerprint density at radius 2 is 1.91 bits per heavy atom. The molecule has 0 saturated carbocycles. The molecule has 5 rings (SSSR count). The number of carboxylic acid groups (broad SMARTS) is 1. The number of likely N-dealkylation sites (tertiary alicyclic amines) is 1. The number of carbonyl (C=O) groups is 1. The quantitative estimate of drug-likeness (QED) is 0.445. The number of aryl methyl sites for hydroxylation is 1. The first-order valence-corrected chi connectivity index (χ1v) is 10.6. The van der Waals surface area contributed by atoms with Crippen molar-refractivity contribution >= 4 is 16.9 Å². The Bertz CT molecular complexity index is 1270. The van der Waals surface area contributed by atoms with E-state index in [-0.39, 0.29) is 6.04 Å². The first-order valence-electron chi connectivity index (χ1n) is 10.6. The van der Waals surface area contributed by atoms with E-state index in [4.69, 9.17) is 9.26 Å². The van der Waals surface area contributed by atoms with Crippen LogP contribution >= 0.6 is 0 Å². The molecule has 1 aliphatic rings. The van der Waals surface area contributed by atoms with Gasteiger partial charge in [-0.1, -0.05) is 53.2 Å². The Kier molecular flexibility index (Phi) is 5.23. The first-order chi connectivity index (χ1) is 15.6. The highest BCUT2D eigenvalue weighted by Crippen LogP contribution is 2.32. The molecule has 0 bridgehead atoms. The van der Waals surface area contributed by atoms with E-state index in [1.807, 2.05) is 36.4 Å². The molecule has 1 N–H and O–H groups in total. The minimum Gasteiger partial charge on any atom is -0.489 e. The molecule has 4 aromatic rings. The molecule has 162 valence electrons. The number of amides is 1. The molecule has 1 saturated heterocycles. The van der Waals surface area contributed by atoms with Crippen LogP contribution in [-0.4, -0.2) is 32.8 Å². The smallest absolute Gasteiger partial charge is 0.407 e. The van der Waals surface area contributed by atoms with Gasteiger partial charge in [0.15, 0.2) is 0 Å². The summed E-state index contributed by atoms with van der Waals surface area (Å²) >= 11 is 0. The molecule has 1 amide bonds. The number of rotatable bonds is 5. The number of ether oxygens (including phenoxy) is 1. The number of benzene rings is 3. The maximum absolute atomic E-state index is 11.4. The third-order valence-corrected chi connectivity index (χ3v) is 5.82. The number of fused-ring (bicyclic) bond motifs is 1. The van der Waals surface area contributed by atoms with Crippen LogP contribution in [0.2, 0.25) is 0 Å². The predicted molar refractivity (Wildman–Crippen MR) is 119 cm³/mol. The van der Waals surface area contributed by atoms with Gasteiger partial charge in [-0.2, -0.15) is 4.98 Å². The summed E-state index contributed by atoms with van der Waals surface area (Å²) in [6.45, 7) is 3.07. The fraction of sp³-hybridized carbons (Fsp3) is 0.240. The molecule has 32 heavy (non-hydrogen) atoms. The van der Waals surface area contributed by atoms with Crippen molar-refractivity contribution in [1.82, 2.24) is 15.0 Å². The standard InChI is InChI=1S/C25H23N3O4/c1-16-4-6-17(7-5-16)15-31-21-11-10-18-13-20(9-8-19(18)14-21)23-26-24(32-27-23)22-3-2-12-28(22)25(29)30/h4-11,13-14,22H,2-3,12,15H2,1H3,(H,29,30). The molecule has 0 aliphatic carbocycles. The summed E-state index contributed by atoms with van der Waals surface area (Å²) < 4.78 is 11.4. The van der Waals surface area contributed by atoms with Gasteiger partial charge in [0.2, 0.25) is 11.7 Å². The number of nitrogens with zero attached hydrogens (tertiary/aromatic N) is 3. The molecule has 7 nitrogen and oxygen atoms in total. The Hall–Kier alpha value is -3.87. The summed E-state index contributed by atoms with van der Waals surface area (Å²) in [7, 11) is 0. The molecular weight excluding hydrogens is 406 g/mol. The van der Waals surface area contributed by atoms with E-state index in [2.05, 4.69) is 41.3 Å². The maximum Gasteiger partial charge on any atom is 0.407 e. The fourth-order valence-corrected chi connectivity index (χ4v) is 4.04. The third kappa shape index (κ3) is 4.01. The van der Waals surface area contributed by atoms with E-state index in [0.717, 1.165) is 34.1 Å². The van der Waals surface area contributed by atoms with Crippen LogP contribution in [0.15, 0.2) is 65.2 Å². The van der Waals surface area contributed by atoms with E-state index < -0.39 is 6.09 Å². The monoisotopic (exact) mass is 429 g/mol. The summed E-state index contributed by atoms with van der Waals surface area (Å²) in [6, 6.07) is 19.8. The van der Waals surface area contributed by atoms with Crippen molar-refractivity contribution in [3.63, 3.8) is 0 Å². The molecule has 1 aromatic heterocycles. The zero-order valence-electron chi connectivity index (χ0n) is 17.7. The molecule has 3 aromatic carbocycles. The van der Waals surface area contributed by atoms with Crippen molar-refractivity contribution in [2.24, 2.45) is 0 Å². The molecule has 1 fully saturated rings. The van der Waals surface area contributed by atoms with Gasteiger partial charge in [-0.05, 0) is 54.3 Å². The highest BCUT2D eigenvalue weighted by molar-refractivity contribution is 5.87. The number of hydrogen-bond donors (Lipinski definition) is 1. The van der Waals surface area contributed by atoms with E-state index in [1.165, 1.54) is 10.5 Å². The topological polar surface area (TPSA) is 88.7 Å². The highest BCUT2D eigenvalue weighted by Gasteiger charge is 2.34. The van der Waals surface area contributed by atoms with Crippen LogP contribution in [0.25, 0.3) is 22.2 Å². The maximum atomic E-state index is 11.4. The Balaban J connectivity index is 1.33. The molecule has 2 heterocycles. The Morgan fingerprint density at radius 1 is 1.12 bits per heavy atom. The average molecular weight is 429 g/mol. The van der Waals surface area contributed by atoms with Gasteiger partial charge in [0, 0.05) is 12.1 Å². The van der Waals surface area contributed by atoms with Crippen LogP contribution < -0.4 is 4.74 Å². The van der Waals surface area contributed by atoms with E-state index in [1.54, 1.807) is 0 Å². The van der Waals surface area contributed by atoms with Crippen molar-refractivity contribution < 1.29 is 19.2 Å². The van der Waals surface area contributed by atoms with Gasteiger partial charge >= 0.3 is 6.09 Å². The molecule has 1 atom stereocenters. The number of aromatic nitrogens is 2. The summed E-state index contributed by atoms with van der Waals surface area (Å²) in [5, 5.41) is 15.5. The van der Waals surface area contributed by atoms with Crippen LogP contribution in [0.5, 0.6) is 5.75 Å². The molecular formula is C25H23N3O4. The van der Waals surface area contributed by atoms with Crippen LogP contribution in [0.1, 0.15) is 35.9 Å². The van der Waals surface area contributed by atoms with E-state index >= 15 is 0 Å². The number of hydrogen-bond acceptors (Lipinski definition) is 5. The third-order valence-electron chi connectivity index (χ3n) is 5.82. The van der Waals surface area contributed by atoms with E-state index in [0.29, 0.717) is 31.3 Å². The van der Waals surface area contributed by atoms with Crippen LogP contribution in [0.3, 0.4) is 0 Å². The van der Waals surface area contributed by atoms with Gasteiger partial charge in [-0.3, -0.25) is 4.90 Å². The zero-order valence-corrected chi connectivity index (χ0v) is 17.7. The lowest BCUT2D eigenvalue weighted by Crippen LogP contribution is -2.28. The largest absolute Gasteiger partial charge is 0.489 e. The van der Waals surface area contributed by atoms with Gasteiger partial charge in [0.25, 0.3) is 0 Å². The summed E-state index contributed by atoms with van der Waals surface area (Å²) in [4.78, 5) is 17.2. The predicted octanol–water partition coefficient (Wildman–Crippen LogP) is 5.59. The molecule has 1 unspecified atom stereocenters. The second-order valence-electron chi connectivity index (χ2n) is 8.09. The lowest BCUT2D eigenvalue weighted by Gasteiger charge is -2.17. The minimum atomic E-state index is -0.960. The molecule has 0 spiro atoms. The molecule has 0 radical (unpaired) electrons. The van der Waals surface area contributed by atoms with Gasteiger partial charge in [0.1, 0.15) is 18.4 Å². The second kappa shape index (κ2) is 8.34. The minimum absolute atomic E-state index is 0.347. The van der Waals surface area contributed by atoms with E-state index in [9.17, 15) is 9.90 Å².